The molecule has 0 heterocycles. The molecule has 0 aromatic heterocycles. The molecule has 1 aliphatic rings. The van der Waals surface area contributed by atoms with Gasteiger partial charge in [-0.25, -0.2) is 0 Å². The van der Waals surface area contributed by atoms with Crippen LogP contribution in [0.15, 0.2) is 48.5 Å². The summed E-state index contributed by atoms with van der Waals surface area (Å²) in [5.74, 6) is -0.642. The summed E-state index contributed by atoms with van der Waals surface area (Å²) < 4.78 is 0. The van der Waals surface area contributed by atoms with Gasteiger partial charge in [-0.05, 0) is 18.1 Å². The number of carbonyl (C=O) groups excluding carboxylic acids is 2. The summed E-state index contributed by atoms with van der Waals surface area (Å²) in [7, 11) is 0. The number of Topliss-reactive ketones (excluding diaryl/α,β-unsaturated/α-hetero) is 1. The third kappa shape index (κ3) is 3.04. The average Bonchev–Trinajstić information content (AvgIpc) is 2.61. The first-order valence-electron chi connectivity index (χ1n) is 7.68. The highest BCUT2D eigenvalue weighted by atomic mass is 35.5. The number of nitriles is 1. The number of nitrogens with one attached hydrogen (secondary N) is 1. The van der Waals surface area contributed by atoms with Gasteiger partial charge in [0.1, 0.15) is 6.04 Å². The van der Waals surface area contributed by atoms with Gasteiger partial charge in [0.2, 0.25) is 5.91 Å². The van der Waals surface area contributed by atoms with Crippen LogP contribution < -0.4 is 5.32 Å². The number of hydrogen-bond acceptors (Lipinski definition) is 3. The standard InChI is InChI=1S/C19H15ClN2O2/c20-16-8-4-3-7-15(16)17(11-21)22-19(24)14-9-10-18(23)13-6-2-1-5-12(13)14/h1-8,14,17H,9-10H2,(H,22,24)/t14-,17-/m0/s1. The maximum Gasteiger partial charge on any atom is 0.228 e. The van der Waals surface area contributed by atoms with Crippen LogP contribution in [0.25, 0.3) is 0 Å². The van der Waals surface area contributed by atoms with E-state index in [2.05, 4.69) is 11.4 Å². The average molecular weight is 339 g/mol. The Balaban J connectivity index is 1.85. The number of nitrogens with zero attached hydrogens (tertiary/aromatic N) is 1. The van der Waals surface area contributed by atoms with Gasteiger partial charge in [-0.15, -0.1) is 0 Å². The van der Waals surface area contributed by atoms with E-state index in [1.165, 1.54) is 0 Å². The second-order valence-corrected chi connectivity index (χ2v) is 6.10. The summed E-state index contributed by atoms with van der Waals surface area (Å²) in [6.07, 6.45) is 0.779. The van der Waals surface area contributed by atoms with E-state index in [1.807, 2.05) is 6.07 Å². The molecule has 0 radical (unpaired) electrons. The molecule has 1 amide bonds. The van der Waals surface area contributed by atoms with Crippen molar-refractivity contribution >= 4 is 23.3 Å². The van der Waals surface area contributed by atoms with Crippen LogP contribution in [0.3, 0.4) is 0 Å². The molecule has 24 heavy (non-hydrogen) atoms. The summed E-state index contributed by atoms with van der Waals surface area (Å²) in [5, 5.41) is 12.6. The largest absolute Gasteiger partial charge is 0.336 e. The highest BCUT2D eigenvalue weighted by Gasteiger charge is 2.31. The van der Waals surface area contributed by atoms with Gasteiger partial charge < -0.3 is 5.32 Å². The van der Waals surface area contributed by atoms with Gasteiger partial charge in [-0.1, -0.05) is 54.1 Å². The number of benzene rings is 2. The Bertz CT molecular complexity index is 841. The Kier molecular flexibility index (Phi) is 4.64. The lowest BCUT2D eigenvalue weighted by atomic mass is 9.81. The van der Waals surface area contributed by atoms with Gasteiger partial charge in [0, 0.05) is 22.6 Å². The lowest BCUT2D eigenvalue weighted by molar-refractivity contribution is -0.123. The van der Waals surface area contributed by atoms with E-state index in [-0.39, 0.29) is 11.7 Å². The first-order valence-corrected chi connectivity index (χ1v) is 8.06. The fraction of sp³-hybridized carbons (Fsp3) is 0.211. The van der Waals surface area contributed by atoms with Crippen molar-refractivity contribution in [2.75, 3.05) is 0 Å². The number of halogens is 1. The topological polar surface area (TPSA) is 70.0 Å². The van der Waals surface area contributed by atoms with E-state index in [9.17, 15) is 14.9 Å². The molecule has 2 aromatic carbocycles. The van der Waals surface area contributed by atoms with Gasteiger partial charge in [0.05, 0.1) is 12.0 Å². The van der Waals surface area contributed by atoms with Gasteiger partial charge >= 0.3 is 0 Å². The maximum atomic E-state index is 12.7. The zero-order chi connectivity index (χ0) is 17.1. The summed E-state index contributed by atoms with van der Waals surface area (Å²) in [4.78, 5) is 24.7. The number of rotatable bonds is 3. The van der Waals surface area contributed by atoms with Crippen LogP contribution in [0.1, 0.15) is 46.3 Å². The molecule has 0 spiro atoms. The summed E-state index contributed by atoms with van der Waals surface area (Å²) in [5.41, 5.74) is 1.88. The molecule has 2 aromatic rings. The van der Waals surface area contributed by atoms with E-state index in [0.717, 1.165) is 5.56 Å². The van der Waals surface area contributed by atoms with Crippen LogP contribution >= 0.6 is 11.6 Å². The Morgan fingerprint density at radius 3 is 2.67 bits per heavy atom. The van der Waals surface area contributed by atoms with Crippen molar-refractivity contribution < 1.29 is 9.59 Å². The molecule has 0 bridgehead atoms. The van der Waals surface area contributed by atoms with E-state index in [0.29, 0.717) is 29.0 Å². The van der Waals surface area contributed by atoms with Crippen molar-refractivity contribution in [2.24, 2.45) is 0 Å². The van der Waals surface area contributed by atoms with E-state index >= 15 is 0 Å². The van der Waals surface area contributed by atoms with Crippen molar-refractivity contribution in [3.8, 4) is 6.07 Å². The van der Waals surface area contributed by atoms with Crippen LogP contribution in [-0.4, -0.2) is 11.7 Å². The molecular weight excluding hydrogens is 324 g/mol. The van der Waals surface area contributed by atoms with Gasteiger partial charge in [-0.3, -0.25) is 9.59 Å². The highest BCUT2D eigenvalue weighted by molar-refractivity contribution is 6.31. The predicted octanol–water partition coefficient (Wildman–Crippen LogP) is 3.78. The molecule has 0 unspecified atom stereocenters. The molecular formula is C19H15ClN2O2. The molecule has 2 atom stereocenters. The monoisotopic (exact) mass is 338 g/mol. The number of carbonyl (C=O) groups is 2. The number of hydrogen-bond donors (Lipinski definition) is 1. The maximum absolute atomic E-state index is 12.7. The normalized spacial score (nSPS) is 17.5. The Hall–Kier alpha value is -2.64. The van der Waals surface area contributed by atoms with Crippen molar-refractivity contribution in [3.05, 3.63) is 70.2 Å². The van der Waals surface area contributed by atoms with E-state index in [1.54, 1.807) is 42.5 Å². The van der Waals surface area contributed by atoms with Crippen LogP contribution in [0.5, 0.6) is 0 Å². The Morgan fingerprint density at radius 2 is 1.92 bits per heavy atom. The van der Waals surface area contributed by atoms with Crippen molar-refractivity contribution in [1.82, 2.24) is 5.32 Å². The lowest BCUT2D eigenvalue weighted by Crippen LogP contribution is -2.34. The first kappa shape index (κ1) is 16.2. The van der Waals surface area contributed by atoms with E-state index in [4.69, 9.17) is 11.6 Å². The third-order valence-electron chi connectivity index (χ3n) is 4.25. The molecule has 5 heteroatoms. The quantitative estimate of drug-likeness (QED) is 0.925. The van der Waals surface area contributed by atoms with Crippen LogP contribution in [0.2, 0.25) is 5.02 Å². The minimum Gasteiger partial charge on any atom is -0.336 e. The molecule has 3 rings (SSSR count). The van der Waals surface area contributed by atoms with Gasteiger partial charge in [0.25, 0.3) is 0 Å². The Labute approximate surface area is 145 Å². The minimum absolute atomic E-state index is 0.0533. The molecule has 1 N–H and O–H groups in total. The van der Waals surface area contributed by atoms with Gasteiger partial charge in [-0.2, -0.15) is 5.26 Å². The zero-order valence-corrected chi connectivity index (χ0v) is 13.6. The molecule has 0 aliphatic heterocycles. The predicted molar refractivity (Wildman–Crippen MR) is 90.7 cm³/mol. The molecule has 0 saturated heterocycles. The molecule has 1 aliphatic carbocycles. The second kappa shape index (κ2) is 6.86. The van der Waals surface area contributed by atoms with Crippen molar-refractivity contribution in [2.45, 2.75) is 24.8 Å². The van der Waals surface area contributed by atoms with Crippen molar-refractivity contribution in [1.29, 1.82) is 5.26 Å². The van der Waals surface area contributed by atoms with Crippen LogP contribution in [0.4, 0.5) is 0 Å². The molecule has 0 fully saturated rings. The van der Waals surface area contributed by atoms with Crippen LogP contribution in [-0.2, 0) is 4.79 Å². The summed E-state index contributed by atoms with van der Waals surface area (Å²) in [6.45, 7) is 0. The summed E-state index contributed by atoms with van der Waals surface area (Å²) >= 11 is 6.12. The lowest BCUT2D eigenvalue weighted by Gasteiger charge is -2.25. The Morgan fingerprint density at radius 1 is 1.21 bits per heavy atom. The summed E-state index contributed by atoms with van der Waals surface area (Å²) in [6, 6.07) is 15.3. The minimum atomic E-state index is -0.823. The first-order chi connectivity index (χ1) is 11.6. The van der Waals surface area contributed by atoms with Crippen LogP contribution in [0, 0.1) is 11.3 Å². The third-order valence-corrected chi connectivity index (χ3v) is 4.59. The highest BCUT2D eigenvalue weighted by Crippen LogP contribution is 2.32. The molecule has 120 valence electrons. The van der Waals surface area contributed by atoms with E-state index < -0.39 is 12.0 Å². The fourth-order valence-corrected chi connectivity index (χ4v) is 3.27. The fourth-order valence-electron chi connectivity index (χ4n) is 3.02. The number of amides is 1. The molecule has 0 saturated carbocycles. The smallest absolute Gasteiger partial charge is 0.228 e. The zero-order valence-electron chi connectivity index (χ0n) is 12.8. The SMILES string of the molecule is N#C[C@H](NC(=O)[C@H]1CCC(=O)c2ccccc21)c1ccccc1Cl. The second-order valence-electron chi connectivity index (χ2n) is 5.69. The van der Waals surface area contributed by atoms with Gasteiger partial charge in [0.15, 0.2) is 5.78 Å². The number of fused-ring (bicyclic) bond motifs is 1. The van der Waals surface area contributed by atoms with Crippen molar-refractivity contribution in [3.63, 3.8) is 0 Å². The number of ketones is 1. The molecule has 4 nitrogen and oxygen atoms in total.